The summed E-state index contributed by atoms with van der Waals surface area (Å²) in [4.78, 5) is 0. The van der Waals surface area contributed by atoms with Crippen molar-refractivity contribution in [1.29, 1.82) is 0 Å². The third kappa shape index (κ3) is 20.0. The van der Waals surface area contributed by atoms with E-state index in [2.05, 4.69) is 6.92 Å². The topological polar surface area (TPSA) is 18.5 Å². The predicted molar refractivity (Wildman–Crippen MR) is 107 cm³/mol. The van der Waals surface area contributed by atoms with Gasteiger partial charge in [-0.05, 0) is 13.3 Å². The van der Waals surface area contributed by atoms with Gasteiger partial charge in [0.15, 0.2) is 0 Å². The zero-order valence-electron chi connectivity index (χ0n) is 17.1. The summed E-state index contributed by atoms with van der Waals surface area (Å²) in [6.45, 7) is 5.97. The molecule has 0 aliphatic carbocycles. The molecule has 0 N–H and O–H groups in total. The second-order valence-corrected chi connectivity index (χ2v) is 7.42. The number of methoxy groups -OCH3 is 1. The summed E-state index contributed by atoms with van der Waals surface area (Å²) in [5.41, 5.74) is 0. The molecular formula is C22H46O2. The fraction of sp³-hybridized carbons (Fsp3) is 1.00. The van der Waals surface area contributed by atoms with Crippen LogP contribution in [0.3, 0.4) is 0 Å². The van der Waals surface area contributed by atoms with Crippen LogP contribution in [-0.2, 0) is 9.47 Å². The van der Waals surface area contributed by atoms with Crippen molar-refractivity contribution in [2.24, 2.45) is 0 Å². The minimum Gasteiger partial charge on any atom is -0.379 e. The summed E-state index contributed by atoms with van der Waals surface area (Å²) in [5.74, 6) is 0. The molecule has 0 aliphatic heterocycles. The normalized spacial score (nSPS) is 12.6. The molecule has 0 amide bonds. The lowest BCUT2D eigenvalue weighted by Gasteiger charge is -2.09. The largest absolute Gasteiger partial charge is 0.379 e. The van der Waals surface area contributed by atoms with Crippen LogP contribution >= 0.6 is 0 Å². The van der Waals surface area contributed by atoms with Gasteiger partial charge in [-0.15, -0.1) is 0 Å². The molecule has 2 nitrogen and oxygen atoms in total. The Labute approximate surface area is 153 Å². The first kappa shape index (κ1) is 23.9. The van der Waals surface area contributed by atoms with Crippen molar-refractivity contribution in [2.75, 3.05) is 20.3 Å². The van der Waals surface area contributed by atoms with Crippen LogP contribution in [-0.4, -0.2) is 26.4 Å². The molecule has 0 aromatic carbocycles. The molecule has 0 aromatic rings. The van der Waals surface area contributed by atoms with E-state index in [1.54, 1.807) is 7.11 Å². The van der Waals surface area contributed by atoms with E-state index in [0.717, 1.165) is 13.2 Å². The average Bonchev–Trinajstić information content (AvgIpc) is 2.60. The average molecular weight is 343 g/mol. The van der Waals surface area contributed by atoms with Crippen LogP contribution < -0.4 is 0 Å². The lowest BCUT2D eigenvalue weighted by molar-refractivity contribution is 0.0174. The second kappa shape index (κ2) is 21.0. The first-order chi connectivity index (χ1) is 11.8. The van der Waals surface area contributed by atoms with Crippen molar-refractivity contribution >= 4 is 0 Å². The summed E-state index contributed by atoms with van der Waals surface area (Å²) in [6, 6.07) is 0. The molecule has 24 heavy (non-hydrogen) atoms. The van der Waals surface area contributed by atoms with E-state index in [1.807, 2.05) is 6.92 Å². The molecule has 1 atom stereocenters. The molecule has 0 saturated heterocycles. The molecule has 0 heterocycles. The number of hydrogen-bond acceptors (Lipinski definition) is 2. The van der Waals surface area contributed by atoms with Crippen LogP contribution in [0.2, 0.25) is 0 Å². The highest BCUT2D eigenvalue weighted by molar-refractivity contribution is 4.50. The van der Waals surface area contributed by atoms with Crippen molar-refractivity contribution in [3.63, 3.8) is 0 Å². The molecule has 0 fully saturated rings. The Morgan fingerprint density at radius 1 is 0.583 bits per heavy atom. The Bertz CT molecular complexity index is 218. The van der Waals surface area contributed by atoms with Gasteiger partial charge in [0.25, 0.3) is 0 Å². The fourth-order valence-corrected chi connectivity index (χ4v) is 3.07. The number of hydrogen-bond donors (Lipinski definition) is 0. The summed E-state index contributed by atoms with van der Waals surface area (Å²) in [7, 11) is 1.74. The zero-order valence-corrected chi connectivity index (χ0v) is 17.1. The standard InChI is InChI=1S/C22H46O2/c1-4-5-6-7-8-9-10-11-12-13-14-15-16-17-18-19-20-24-21-22(2)23-3/h22H,4-21H2,1-3H3/t22-/m1/s1. The highest BCUT2D eigenvalue weighted by atomic mass is 16.5. The molecule has 0 aromatic heterocycles. The molecule has 0 aliphatic rings. The monoisotopic (exact) mass is 342 g/mol. The van der Waals surface area contributed by atoms with Gasteiger partial charge in [0.1, 0.15) is 0 Å². The quantitative estimate of drug-likeness (QED) is 0.216. The van der Waals surface area contributed by atoms with Crippen LogP contribution in [0.1, 0.15) is 117 Å². The Balaban J connectivity index is 2.98. The van der Waals surface area contributed by atoms with Crippen LogP contribution in [0.15, 0.2) is 0 Å². The minimum atomic E-state index is 0.228. The van der Waals surface area contributed by atoms with Gasteiger partial charge in [0.2, 0.25) is 0 Å². The minimum absolute atomic E-state index is 0.228. The molecule has 0 spiro atoms. The van der Waals surface area contributed by atoms with E-state index in [1.165, 1.54) is 103 Å². The lowest BCUT2D eigenvalue weighted by Crippen LogP contribution is -2.14. The molecule has 0 saturated carbocycles. The number of rotatable bonds is 20. The van der Waals surface area contributed by atoms with Crippen molar-refractivity contribution in [3.05, 3.63) is 0 Å². The van der Waals surface area contributed by atoms with Crippen LogP contribution in [0.25, 0.3) is 0 Å². The Morgan fingerprint density at radius 3 is 1.33 bits per heavy atom. The summed E-state index contributed by atoms with van der Waals surface area (Å²) < 4.78 is 10.7. The van der Waals surface area contributed by atoms with Gasteiger partial charge < -0.3 is 9.47 Å². The molecule has 0 rings (SSSR count). The van der Waals surface area contributed by atoms with Gasteiger partial charge in [-0.25, -0.2) is 0 Å². The van der Waals surface area contributed by atoms with E-state index < -0.39 is 0 Å². The summed E-state index contributed by atoms with van der Waals surface area (Å²) in [6.07, 6.45) is 22.9. The summed E-state index contributed by atoms with van der Waals surface area (Å²) in [5, 5.41) is 0. The van der Waals surface area contributed by atoms with E-state index in [9.17, 15) is 0 Å². The van der Waals surface area contributed by atoms with Gasteiger partial charge in [0, 0.05) is 13.7 Å². The van der Waals surface area contributed by atoms with Crippen molar-refractivity contribution < 1.29 is 9.47 Å². The number of ether oxygens (including phenoxy) is 2. The SMILES string of the molecule is CCCCCCCCCCCCCCCCCCOC[C@@H](C)OC. The Morgan fingerprint density at radius 2 is 0.958 bits per heavy atom. The maximum Gasteiger partial charge on any atom is 0.0776 e. The fourth-order valence-electron chi connectivity index (χ4n) is 3.07. The van der Waals surface area contributed by atoms with E-state index >= 15 is 0 Å². The van der Waals surface area contributed by atoms with Crippen molar-refractivity contribution in [2.45, 2.75) is 123 Å². The van der Waals surface area contributed by atoms with E-state index in [-0.39, 0.29) is 6.10 Å². The third-order valence-corrected chi connectivity index (χ3v) is 4.90. The third-order valence-electron chi connectivity index (χ3n) is 4.90. The molecular weight excluding hydrogens is 296 g/mol. The molecule has 0 bridgehead atoms. The maximum atomic E-state index is 5.58. The van der Waals surface area contributed by atoms with Gasteiger partial charge >= 0.3 is 0 Å². The smallest absolute Gasteiger partial charge is 0.0776 e. The van der Waals surface area contributed by atoms with Gasteiger partial charge in [0.05, 0.1) is 12.7 Å². The van der Waals surface area contributed by atoms with Crippen LogP contribution in [0, 0.1) is 0 Å². The van der Waals surface area contributed by atoms with Crippen LogP contribution in [0.4, 0.5) is 0 Å². The maximum absolute atomic E-state index is 5.58. The van der Waals surface area contributed by atoms with E-state index in [4.69, 9.17) is 9.47 Å². The number of unbranched alkanes of at least 4 members (excludes halogenated alkanes) is 15. The van der Waals surface area contributed by atoms with Crippen molar-refractivity contribution in [1.82, 2.24) is 0 Å². The Kier molecular flexibility index (Phi) is 20.9. The highest BCUT2D eigenvalue weighted by Crippen LogP contribution is 2.13. The molecule has 2 heteroatoms. The predicted octanol–water partition coefficient (Wildman–Crippen LogP) is 7.30. The second-order valence-electron chi connectivity index (χ2n) is 7.42. The molecule has 0 unspecified atom stereocenters. The first-order valence-corrected chi connectivity index (χ1v) is 10.9. The first-order valence-electron chi connectivity index (χ1n) is 10.9. The Hall–Kier alpha value is -0.0800. The molecule has 146 valence electrons. The highest BCUT2D eigenvalue weighted by Gasteiger charge is 1.98. The van der Waals surface area contributed by atoms with Gasteiger partial charge in [-0.1, -0.05) is 103 Å². The van der Waals surface area contributed by atoms with E-state index in [0.29, 0.717) is 0 Å². The molecule has 0 radical (unpaired) electrons. The lowest BCUT2D eigenvalue weighted by atomic mass is 10.0. The van der Waals surface area contributed by atoms with Gasteiger partial charge in [-0.3, -0.25) is 0 Å². The van der Waals surface area contributed by atoms with Crippen LogP contribution in [0.5, 0.6) is 0 Å². The summed E-state index contributed by atoms with van der Waals surface area (Å²) >= 11 is 0. The van der Waals surface area contributed by atoms with Gasteiger partial charge in [-0.2, -0.15) is 0 Å². The van der Waals surface area contributed by atoms with Crippen molar-refractivity contribution in [3.8, 4) is 0 Å². The zero-order chi connectivity index (χ0) is 17.7.